The molecule has 0 aromatic carbocycles. The van der Waals surface area contributed by atoms with Gasteiger partial charge in [-0.15, -0.1) is 11.6 Å². The number of alkyl halides is 1. The molecule has 1 unspecified atom stereocenters. The van der Waals surface area contributed by atoms with Gasteiger partial charge in [0, 0.05) is 11.9 Å². The molecule has 1 aromatic heterocycles. The van der Waals surface area contributed by atoms with E-state index in [1.807, 2.05) is 20.8 Å². The van der Waals surface area contributed by atoms with E-state index in [2.05, 4.69) is 15.3 Å². The molecule has 4 nitrogen and oxygen atoms in total. The standard InChI is InChI=1S/C12H20ClN3O/c1-9(2)17-12-8-14-7-11(16-12)15-6-4-5-10(3)13/h7-10H,4-6H2,1-3H3,(H,15,16). The Labute approximate surface area is 108 Å². The molecule has 0 saturated carbocycles. The molecule has 5 heteroatoms. The van der Waals surface area contributed by atoms with Crippen molar-refractivity contribution < 1.29 is 4.74 Å². The minimum absolute atomic E-state index is 0.108. The third-order valence-corrected chi connectivity index (χ3v) is 2.27. The monoisotopic (exact) mass is 257 g/mol. The van der Waals surface area contributed by atoms with Gasteiger partial charge < -0.3 is 10.1 Å². The number of anilines is 1. The van der Waals surface area contributed by atoms with Crippen LogP contribution in [0, 0.1) is 0 Å². The fourth-order valence-corrected chi connectivity index (χ4v) is 1.49. The summed E-state index contributed by atoms with van der Waals surface area (Å²) in [5, 5.41) is 3.42. The van der Waals surface area contributed by atoms with Gasteiger partial charge in [0.1, 0.15) is 5.82 Å². The maximum absolute atomic E-state index is 5.87. The van der Waals surface area contributed by atoms with Crippen molar-refractivity contribution in [1.29, 1.82) is 0 Å². The zero-order valence-electron chi connectivity index (χ0n) is 10.6. The van der Waals surface area contributed by atoms with Gasteiger partial charge in [-0.3, -0.25) is 4.98 Å². The molecular weight excluding hydrogens is 238 g/mol. The zero-order chi connectivity index (χ0) is 12.7. The van der Waals surface area contributed by atoms with Gasteiger partial charge in [-0.25, -0.2) is 0 Å². The molecule has 0 spiro atoms. The van der Waals surface area contributed by atoms with E-state index in [0.29, 0.717) is 5.88 Å². The number of rotatable bonds is 7. The summed E-state index contributed by atoms with van der Waals surface area (Å²) in [6.45, 7) is 6.77. The predicted molar refractivity (Wildman–Crippen MR) is 70.8 cm³/mol. The predicted octanol–water partition coefficient (Wildman–Crippen LogP) is 3.08. The van der Waals surface area contributed by atoms with Crippen LogP contribution in [0.3, 0.4) is 0 Å². The molecule has 96 valence electrons. The quantitative estimate of drug-likeness (QED) is 0.602. The van der Waals surface area contributed by atoms with Gasteiger partial charge in [0.05, 0.1) is 18.5 Å². The van der Waals surface area contributed by atoms with Crippen molar-refractivity contribution in [2.75, 3.05) is 11.9 Å². The summed E-state index contributed by atoms with van der Waals surface area (Å²) in [6, 6.07) is 0. The third-order valence-electron chi connectivity index (χ3n) is 2.05. The highest BCUT2D eigenvalue weighted by Crippen LogP contribution is 2.11. The molecule has 17 heavy (non-hydrogen) atoms. The second-order valence-corrected chi connectivity index (χ2v) is 5.00. The molecule has 1 aromatic rings. The van der Waals surface area contributed by atoms with E-state index >= 15 is 0 Å². The summed E-state index contributed by atoms with van der Waals surface area (Å²) < 4.78 is 5.46. The number of aromatic nitrogens is 2. The highest BCUT2D eigenvalue weighted by atomic mass is 35.5. The average Bonchev–Trinajstić information content (AvgIpc) is 2.24. The summed E-state index contributed by atoms with van der Waals surface area (Å²) in [4.78, 5) is 8.38. The summed E-state index contributed by atoms with van der Waals surface area (Å²) in [5.41, 5.74) is 0. The molecule has 1 heterocycles. The molecule has 0 bridgehead atoms. The van der Waals surface area contributed by atoms with Crippen molar-refractivity contribution in [2.45, 2.75) is 45.1 Å². The van der Waals surface area contributed by atoms with Crippen molar-refractivity contribution in [3.63, 3.8) is 0 Å². The number of ether oxygens (including phenoxy) is 1. The maximum Gasteiger partial charge on any atom is 0.234 e. The Morgan fingerprint density at radius 2 is 2.12 bits per heavy atom. The summed E-state index contributed by atoms with van der Waals surface area (Å²) in [6.07, 6.45) is 5.42. The average molecular weight is 258 g/mol. The van der Waals surface area contributed by atoms with E-state index in [0.717, 1.165) is 25.2 Å². The molecule has 1 N–H and O–H groups in total. The van der Waals surface area contributed by atoms with E-state index in [-0.39, 0.29) is 11.5 Å². The van der Waals surface area contributed by atoms with E-state index in [9.17, 15) is 0 Å². The molecule has 0 aliphatic carbocycles. The molecule has 0 aliphatic heterocycles. The van der Waals surface area contributed by atoms with Crippen LogP contribution in [0.5, 0.6) is 5.88 Å². The van der Waals surface area contributed by atoms with E-state index < -0.39 is 0 Å². The Balaban J connectivity index is 2.37. The SMILES string of the molecule is CC(Cl)CCCNc1cncc(OC(C)C)n1. The first kappa shape index (κ1) is 14.0. The molecule has 0 aliphatic rings. The fourth-order valence-electron chi connectivity index (χ4n) is 1.33. The highest BCUT2D eigenvalue weighted by molar-refractivity contribution is 6.20. The van der Waals surface area contributed by atoms with Gasteiger partial charge in [0.2, 0.25) is 5.88 Å². The number of hydrogen-bond donors (Lipinski definition) is 1. The van der Waals surface area contributed by atoms with Crippen LogP contribution in [0.1, 0.15) is 33.6 Å². The van der Waals surface area contributed by atoms with Crippen molar-refractivity contribution in [2.24, 2.45) is 0 Å². The first-order valence-corrected chi connectivity index (χ1v) is 6.38. The van der Waals surface area contributed by atoms with Gasteiger partial charge in [-0.05, 0) is 33.6 Å². The van der Waals surface area contributed by atoms with Crippen molar-refractivity contribution in [1.82, 2.24) is 9.97 Å². The van der Waals surface area contributed by atoms with Crippen LogP contribution >= 0.6 is 11.6 Å². The van der Waals surface area contributed by atoms with Crippen molar-refractivity contribution in [3.8, 4) is 5.88 Å². The van der Waals surface area contributed by atoms with Gasteiger partial charge in [0.25, 0.3) is 0 Å². The second kappa shape index (κ2) is 7.33. The van der Waals surface area contributed by atoms with Crippen LogP contribution in [0.4, 0.5) is 5.82 Å². The van der Waals surface area contributed by atoms with Crippen LogP contribution in [-0.4, -0.2) is 28.0 Å². The molecule has 1 atom stereocenters. The minimum atomic E-state index is 0.108. The Hall–Kier alpha value is -1.03. The van der Waals surface area contributed by atoms with Gasteiger partial charge in [-0.1, -0.05) is 0 Å². The van der Waals surface area contributed by atoms with Crippen molar-refractivity contribution in [3.05, 3.63) is 12.4 Å². The van der Waals surface area contributed by atoms with Gasteiger partial charge in [0.15, 0.2) is 0 Å². The zero-order valence-corrected chi connectivity index (χ0v) is 11.4. The van der Waals surface area contributed by atoms with E-state index in [4.69, 9.17) is 16.3 Å². The lowest BCUT2D eigenvalue weighted by atomic mass is 10.2. The van der Waals surface area contributed by atoms with E-state index in [1.165, 1.54) is 0 Å². The maximum atomic E-state index is 5.87. The highest BCUT2D eigenvalue weighted by Gasteiger charge is 2.02. The number of nitrogens with zero attached hydrogens (tertiary/aromatic N) is 2. The van der Waals surface area contributed by atoms with E-state index in [1.54, 1.807) is 12.4 Å². The number of hydrogen-bond acceptors (Lipinski definition) is 4. The molecule has 0 saturated heterocycles. The van der Waals surface area contributed by atoms with Gasteiger partial charge in [-0.2, -0.15) is 4.98 Å². The lowest BCUT2D eigenvalue weighted by molar-refractivity contribution is 0.232. The number of halogens is 1. The van der Waals surface area contributed by atoms with Crippen LogP contribution in [0.2, 0.25) is 0 Å². The normalized spacial score (nSPS) is 12.5. The Morgan fingerprint density at radius 1 is 1.35 bits per heavy atom. The first-order valence-electron chi connectivity index (χ1n) is 5.94. The van der Waals surface area contributed by atoms with Gasteiger partial charge >= 0.3 is 0 Å². The summed E-state index contributed by atoms with van der Waals surface area (Å²) in [5.74, 6) is 1.29. The van der Waals surface area contributed by atoms with Crippen LogP contribution < -0.4 is 10.1 Å². The summed E-state index contributed by atoms with van der Waals surface area (Å²) in [7, 11) is 0. The van der Waals surface area contributed by atoms with Crippen molar-refractivity contribution >= 4 is 17.4 Å². The lowest BCUT2D eigenvalue weighted by Gasteiger charge is -2.10. The Kier molecular flexibility index (Phi) is 6.05. The molecule has 0 amide bonds. The third kappa shape index (κ3) is 6.31. The Bertz CT molecular complexity index is 331. The Morgan fingerprint density at radius 3 is 2.76 bits per heavy atom. The van der Waals surface area contributed by atoms with Crippen LogP contribution in [0.25, 0.3) is 0 Å². The largest absolute Gasteiger partial charge is 0.474 e. The first-order chi connectivity index (χ1) is 8.08. The minimum Gasteiger partial charge on any atom is -0.474 e. The second-order valence-electron chi connectivity index (χ2n) is 4.26. The smallest absolute Gasteiger partial charge is 0.234 e. The fraction of sp³-hybridized carbons (Fsp3) is 0.667. The molecule has 1 rings (SSSR count). The molecular formula is C12H20ClN3O. The lowest BCUT2D eigenvalue weighted by Crippen LogP contribution is -2.10. The topological polar surface area (TPSA) is 47.0 Å². The molecule has 0 fully saturated rings. The molecule has 0 radical (unpaired) electrons. The van der Waals surface area contributed by atoms with Crippen LogP contribution in [0.15, 0.2) is 12.4 Å². The number of nitrogens with one attached hydrogen (secondary N) is 1. The summed E-state index contributed by atoms with van der Waals surface area (Å²) >= 11 is 5.87. The van der Waals surface area contributed by atoms with Crippen LogP contribution in [-0.2, 0) is 0 Å².